The van der Waals surface area contributed by atoms with Gasteiger partial charge in [0.25, 0.3) is 0 Å². The van der Waals surface area contributed by atoms with Crippen molar-refractivity contribution < 1.29 is 23.9 Å². The number of halogens is 1. The minimum absolute atomic E-state index is 0.0118. The van der Waals surface area contributed by atoms with Crippen LogP contribution in [0.15, 0.2) is 83.5 Å². The van der Waals surface area contributed by atoms with Gasteiger partial charge in [0.15, 0.2) is 17.3 Å². The van der Waals surface area contributed by atoms with Crippen LogP contribution in [0.5, 0.6) is 11.5 Å². The maximum atomic E-state index is 12.8. The highest BCUT2D eigenvalue weighted by molar-refractivity contribution is 6.50. The molecule has 0 radical (unpaired) electrons. The minimum Gasteiger partial charge on any atom is -0.493 e. The highest BCUT2D eigenvalue weighted by Gasteiger charge is 2.31. The lowest BCUT2D eigenvalue weighted by Gasteiger charge is -2.19. The highest BCUT2D eigenvalue weighted by Crippen LogP contribution is 2.30. The Bertz CT molecular complexity index is 1360. The van der Waals surface area contributed by atoms with Gasteiger partial charge in [-0.15, -0.1) is 0 Å². The largest absolute Gasteiger partial charge is 0.493 e. The number of carbonyl (C=O) groups is 3. The number of methoxy groups -OCH3 is 2. The van der Waals surface area contributed by atoms with Gasteiger partial charge in [0.1, 0.15) is 10.7 Å². The summed E-state index contributed by atoms with van der Waals surface area (Å²) < 4.78 is 10.5. The quantitative estimate of drug-likeness (QED) is 0.358. The summed E-state index contributed by atoms with van der Waals surface area (Å²) in [7, 11) is 3.10. The molecule has 0 heterocycles. The summed E-state index contributed by atoms with van der Waals surface area (Å²) >= 11 is 6.19. The number of hydrogen-bond donors (Lipinski definition) is 1. The molecule has 4 rings (SSSR count). The van der Waals surface area contributed by atoms with E-state index in [9.17, 15) is 14.4 Å². The number of carbonyl (C=O) groups excluding carboxylic acids is 3. The lowest BCUT2D eigenvalue weighted by molar-refractivity contribution is 0.0982. The van der Waals surface area contributed by atoms with E-state index in [2.05, 4.69) is 5.32 Å². The van der Waals surface area contributed by atoms with Gasteiger partial charge < -0.3 is 14.8 Å². The second kappa shape index (κ2) is 9.77. The molecule has 1 aliphatic carbocycles. The summed E-state index contributed by atoms with van der Waals surface area (Å²) in [6.45, 7) is 0. The molecular formula is C27H20ClNO5. The molecule has 1 aliphatic rings. The summed E-state index contributed by atoms with van der Waals surface area (Å²) in [5, 5.41) is 2.76. The molecule has 170 valence electrons. The van der Waals surface area contributed by atoms with Crippen molar-refractivity contribution in [3.05, 3.63) is 106 Å². The Labute approximate surface area is 201 Å². The van der Waals surface area contributed by atoms with Gasteiger partial charge in [0.2, 0.25) is 11.6 Å². The molecule has 0 aliphatic heterocycles. The monoisotopic (exact) mass is 473 g/mol. The van der Waals surface area contributed by atoms with Crippen LogP contribution in [0.2, 0.25) is 0 Å². The molecule has 0 saturated heterocycles. The van der Waals surface area contributed by atoms with Crippen LogP contribution in [0.25, 0.3) is 6.08 Å². The van der Waals surface area contributed by atoms with Gasteiger partial charge in [-0.2, -0.15) is 0 Å². The maximum Gasteiger partial charge on any atom is 0.211 e. The molecule has 0 bridgehead atoms. The number of ether oxygens (including phenoxy) is 2. The summed E-state index contributed by atoms with van der Waals surface area (Å²) in [4.78, 5) is 37.9. The number of rotatable bonds is 7. The topological polar surface area (TPSA) is 81.7 Å². The van der Waals surface area contributed by atoms with Crippen LogP contribution >= 0.6 is 11.6 Å². The van der Waals surface area contributed by atoms with E-state index < -0.39 is 5.78 Å². The third-order valence-corrected chi connectivity index (χ3v) is 5.70. The fraction of sp³-hybridized carbons (Fsp3) is 0.0741. The average Bonchev–Trinajstić information content (AvgIpc) is 2.88. The van der Waals surface area contributed by atoms with Crippen LogP contribution in [-0.2, 0) is 0 Å². The number of hydrogen-bond acceptors (Lipinski definition) is 6. The predicted octanol–water partition coefficient (Wildman–Crippen LogP) is 5.54. The van der Waals surface area contributed by atoms with Crippen LogP contribution < -0.4 is 14.8 Å². The molecule has 1 N–H and O–H groups in total. The molecular weight excluding hydrogens is 454 g/mol. The number of anilines is 1. The molecule has 34 heavy (non-hydrogen) atoms. The molecule has 3 aromatic carbocycles. The zero-order chi connectivity index (χ0) is 24.2. The van der Waals surface area contributed by atoms with Crippen molar-refractivity contribution in [2.75, 3.05) is 19.5 Å². The zero-order valence-corrected chi connectivity index (χ0v) is 19.2. The number of benzene rings is 3. The normalized spacial score (nSPS) is 13.1. The second-order valence-electron chi connectivity index (χ2n) is 7.41. The van der Waals surface area contributed by atoms with Crippen LogP contribution in [0, 0.1) is 0 Å². The molecule has 0 spiro atoms. The van der Waals surface area contributed by atoms with E-state index in [1.54, 1.807) is 81.0 Å². The second-order valence-corrected chi connectivity index (χ2v) is 7.79. The Morgan fingerprint density at radius 3 is 2.15 bits per heavy atom. The lowest BCUT2D eigenvalue weighted by Crippen LogP contribution is -2.24. The number of allylic oxidation sites excluding steroid dienone is 3. The van der Waals surface area contributed by atoms with E-state index in [4.69, 9.17) is 21.1 Å². The van der Waals surface area contributed by atoms with Gasteiger partial charge in [-0.1, -0.05) is 48.0 Å². The Balaban J connectivity index is 1.49. The van der Waals surface area contributed by atoms with Crippen molar-refractivity contribution in [1.29, 1.82) is 0 Å². The van der Waals surface area contributed by atoms with Crippen molar-refractivity contribution in [1.82, 2.24) is 0 Å². The molecule has 6 nitrogen and oxygen atoms in total. The van der Waals surface area contributed by atoms with Crippen LogP contribution in [-0.4, -0.2) is 31.6 Å². The first-order valence-corrected chi connectivity index (χ1v) is 10.7. The predicted molar refractivity (Wildman–Crippen MR) is 131 cm³/mol. The summed E-state index contributed by atoms with van der Waals surface area (Å²) in [5.74, 6) is 0.200. The van der Waals surface area contributed by atoms with Crippen LogP contribution in [0.3, 0.4) is 0 Å². The number of nitrogens with one attached hydrogen (secondary N) is 1. The molecule has 0 aromatic heterocycles. The molecule has 0 fully saturated rings. The Morgan fingerprint density at radius 2 is 1.50 bits per heavy atom. The average molecular weight is 474 g/mol. The molecule has 0 unspecified atom stereocenters. The first kappa shape index (κ1) is 23.0. The van der Waals surface area contributed by atoms with Gasteiger partial charge in [-0.05, 0) is 48.0 Å². The van der Waals surface area contributed by atoms with Gasteiger partial charge >= 0.3 is 0 Å². The van der Waals surface area contributed by atoms with E-state index in [1.165, 1.54) is 6.08 Å². The van der Waals surface area contributed by atoms with Crippen molar-refractivity contribution in [2.45, 2.75) is 0 Å². The maximum absolute atomic E-state index is 12.8. The van der Waals surface area contributed by atoms with Gasteiger partial charge in [-0.3, -0.25) is 14.4 Å². The van der Waals surface area contributed by atoms with Crippen molar-refractivity contribution in [3.8, 4) is 11.5 Å². The van der Waals surface area contributed by atoms with E-state index in [1.807, 2.05) is 6.07 Å². The van der Waals surface area contributed by atoms with Crippen molar-refractivity contribution in [2.24, 2.45) is 0 Å². The number of Topliss-reactive ketones (excluding diaryl/α,β-unsaturated/α-hetero) is 2. The summed E-state index contributed by atoms with van der Waals surface area (Å²) in [6.07, 6.45) is 3.15. The summed E-state index contributed by atoms with van der Waals surface area (Å²) in [5.41, 5.74) is 2.36. The minimum atomic E-state index is -0.411. The summed E-state index contributed by atoms with van der Waals surface area (Å²) in [6, 6.07) is 18.4. The first-order chi connectivity index (χ1) is 16.4. The third kappa shape index (κ3) is 4.49. The molecule has 0 saturated carbocycles. The fourth-order valence-electron chi connectivity index (χ4n) is 3.54. The molecule has 0 amide bonds. The zero-order valence-electron chi connectivity index (χ0n) is 18.4. The Kier molecular flexibility index (Phi) is 6.61. The fourth-order valence-corrected chi connectivity index (χ4v) is 3.78. The van der Waals surface area contributed by atoms with Crippen molar-refractivity contribution in [3.63, 3.8) is 0 Å². The lowest BCUT2D eigenvalue weighted by atomic mass is 9.92. The highest BCUT2D eigenvalue weighted by atomic mass is 35.5. The van der Waals surface area contributed by atoms with E-state index in [0.29, 0.717) is 28.3 Å². The molecule has 0 atom stereocenters. The van der Waals surface area contributed by atoms with E-state index in [0.717, 1.165) is 5.56 Å². The Hall–Kier alpha value is -4.16. The third-order valence-electron chi connectivity index (χ3n) is 5.34. The van der Waals surface area contributed by atoms with E-state index >= 15 is 0 Å². The van der Waals surface area contributed by atoms with Crippen molar-refractivity contribution >= 4 is 40.7 Å². The number of fused-ring (bicyclic) bond motifs is 1. The standard InChI is InChI=1S/C27H20ClNO5/c1-33-22-14-8-16(15-23(22)34-2)7-13-21(30)17-9-11-18(12-10-17)29-25-24(28)26(31)19-5-3-4-6-20(19)27(25)32/h3-15,29H,1-2H3/b13-7+. The van der Waals surface area contributed by atoms with Crippen LogP contribution in [0.1, 0.15) is 36.6 Å². The van der Waals surface area contributed by atoms with Gasteiger partial charge in [-0.25, -0.2) is 0 Å². The van der Waals surface area contributed by atoms with E-state index in [-0.39, 0.29) is 27.9 Å². The smallest absolute Gasteiger partial charge is 0.211 e. The first-order valence-electron chi connectivity index (χ1n) is 10.3. The number of ketones is 3. The SMILES string of the molecule is COc1ccc(/C=C/C(=O)c2ccc(NC3=C(Cl)C(=O)c4ccccc4C3=O)cc2)cc1OC. The van der Waals surface area contributed by atoms with Gasteiger partial charge in [0.05, 0.1) is 14.2 Å². The molecule has 3 aromatic rings. The molecule has 7 heteroatoms. The van der Waals surface area contributed by atoms with Crippen LogP contribution in [0.4, 0.5) is 5.69 Å². The Morgan fingerprint density at radius 1 is 0.853 bits per heavy atom. The van der Waals surface area contributed by atoms with Gasteiger partial charge in [0, 0.05) is 22.4 Å².